The first kappa shape index (κ1) is 19.9. The molecule has 136 valence electrons. The average Bonchev–Trinajstić information content (AvgIpc) is 2.51. The van der Waals surface area contributed by atoms with Crippen molar-refractivity contribution in [2.75, 3.05) is 27.2 Å². The Morgan fingerprint density at radius 2 is 1.96 bits per heavy atom. The van der Waals surface area contributed by atoms with Gasteiger partial charge in [-0.05, 0) is 33.5 Å². The van der Waals surface area contributed by atoms with Gasteiger partial charge in [0.15, 0.2) is 0 Å². The first-order valence-corrected chi connectivity index (χ1v) is 9.45. The number of thiocarbonyl (C=S) groups is 1. The number of carbonyl (C=O) groups excluding carboxylic acids is 2. The number of rotatable bonds is 6. The van der Waals surface area contributed by atoms with E-state index in [-0.39, 0.29) is 18.2 Å². The van der Waals surface area contributed by atoms with E-state index in [1.54, 1.807) is 4.90 Å². The lowest BCUT2D eigenvalue weighted by Gasteiger charge is -2.42. The molecule has 1 atom stereocenters. The van der Waals surface area contributed by atoms with E-state index in [0.29, 0.717) is 10.9 Å². The van der Waals surface area contributed by atoms with E-state index in [0.717, 1.165) is 12.1 Å². The molecule has 1 aromatic carbocycles. The number of hydrogen-bond acceptors (Lipinski definition) is 5. The minimum atomic E-state index is -0.595. The standard InChI is InChI=1S/C18H25N3O2S2/c1-18(2)15(19-14(22)12-13-8-6-5-7-9-13)16(23)21(17(24)25-18)11-10-20(3)4/h5-9,15H,10-12H2,1-4H3,(H,19,22). The van der Waals surface area contributed by atoms with Crippen LogP contribution in [-0.4, -0.2) is 63.9 Å². The zero-order valence-electron chi connectivity index (χ0n) is 15.1. The third-order valence-corrected chi connectivity index (χ3v) is 5.69. The monoisotopic (exact) mass is 379 g/mol. The smallest absolute Gasteiger partial charge is 0.252 e. The lowest BCUT2D eigenvalue weighted by atomic mass is 10.0. The van der Waals surface area contributed by atoms with Gasteiger partial charge in [0.1, 0.15) is 10.4 Å². The Labute approximate surface area is 159 Å². The molecule has 1 fully saturated rings. The van der Waals surface area contributed by atoms with Crippen molar-refractivity contribution in [2.24, 2.45) is 0 Å². The molecule has 0 bridgehead atoms. The third kappa shape index (κ3) is 5.26. The second-order valence-corrected chi connectivity index (χ2v) is 9.22. The van der Waals surface area contributed by atoms with Crippen LogP contribution in [0.15, 0.2) is 30.3 Å². The predicted molar refractivity (Wildman–Crippen MR) is 107 cm³/mol. The van der Waals surface area contributed by atoms with Gasteiger partial charge in [0, 0.05) is 17.8 Å². The molecule has 0 saturated carbocycles. The van der Waals surface area contributed by atoms with Crippen LogP contribution in [0.1, 0.15) is 19.4 Å². The fraction of sp³-hybridized carbons (Fsp3) is 0.500. The summed E-state index contributed by atoms with van der Waals surface area (Å²) in [5.74, 6) is -0.282. The molecule has 2 rings (SSSR count). The van der Waals surface area contributed by atoms with Gasteiger partial charge in [0.05, 0.1) is 6.42 Å². The van der Waals surface area contributed by atoms with Gasteiger partial charge in [-0.15, -0.1) is 0 Å². The fourth-order valence-corrected chi connectivity index (χ4v) is 4.46. The highest BCUT2D eigenvalue weighted by Crippen LogP contribution is 2.36. The van der Waals surface area contributed by atoms with Crippen molar-refractivity contribution in [1.82, 2.24) is 15.1 Å². The maximum atomic E-state index is 12.9. The Morgan fingerprint density at radius 1 is 1.32 bits per heavy atom. The molecule has 1 aliphatic heterocycles. The summed E-state index contributed by atoms with van der Waals surface area (Å²) < 4.78 is 0.0974. The Bertz CT molecular complexity index is 647. The van der Waals surface area contributed by atoms with Crippen LogP contribution in [0.25, 0.3) is 0 Å². The van der Waals surface area contributed by atoms with Gasteiger partial charge in [0.2, 0.25) is 5.91 Å². The van der Waals surface area contributed by atoms with Crippen molar-refractivity contribution >= 4 is 40.1 Å². The van der Waals surface area contributed by atoms with E-state index in [1.807, 2.05) is 63.2 Å². The predicted octanol–water partition coefficient (Wildman–Crippen LogP) is 1.91. The Hall–Kier alpha value is -1.44. The van der Waals surface area contributed by atoms with Crippen LogP contribution >= 0.6 is 24.0 Å². The number of nitrogens with zero attached hydrogens (tertiary/aromatic N) is 2. The maximum absolute atomic E-state index is 12.9. The summed E-state index contributed by atoms with van der Waals surface area (Å²) >= 11 is 6.88. The molecule has 25 heavy (non-hydrogen) atoms. The zero-order chi connectivity index (χ0) is 18.6. The number of nitrogens with one attached hydrogen (secondary N) is 1. The molecule has 7 heteroatoms. The van der Waals surface area contributed by atoms with Gasteiger partial charge >= 0.3 is 0 Å². The van der Waals surface area contributed by atoms with E-state index >= 15 is 0 Å². The van der Waals surface area contributed by atoms with Gasteiger partial charge in [0.25, 0.3) is 5.91 Å². The first-order valence-electron chi connectivity index (χ1n) is 8.23. The lowest BCUT2D eigenvalue weighted by molar-refractivity contribution is -0.134. The quantitative estimate of drug-likeness (QED) is 0.766. The topological polar surface area (TPSA) is 52.6 Å². The third-order valence-electron chi connectivity index (χ3n) is 4.06. The van der Waals surface area contributed by atoms with Crippen molar-refractivity contribution in [2.45, 2.75) is 31.1 Å². The second kappa shape index (κ2) is 8.29. The van der Waals surface area contributed by atoms with Gasteiger partial charge < -0.3 is 10.2 Å². The number of likely N-dealkylation sites (N-methyl/N-ethyl adjacent to an activating group) is 1. The van der Waals surface area contributed by atoms with Gasteiger partial charge in [-0.2, -0.15) is 0 Å². The summed E-state index contributed by atoms with van der Waals surface area (Å²) in [6, 6.07) is 8.92. The number of benzene rings is 1. The van der Waals surface area contributed by atoms with Crippen molar-refractivity contribution in [3.05, 3.63) is 35.9 Å². The largest absolute Gasteiger partial charge is 0.343 e. The molecule has 1 unspecified atom stereocenters. The molecule has 1 saturated heterocycles. The van der Waals surface area contributed by atoms with Gasteiger partial charge in [-0.3, -0.25) is 14.5 Å². The molecule has 0 radical (unpaired) electrons. The maximum Gasteiger partial charge on any atom is 0.252 e. The number of amides is 2. The van der Waals surface area contributed by atoms with Gasteiger partial charge in [-0.25, -0.2) is 0 Å². The summed E-state index contributed by atoms with van der Waals surface area (Å²) in [4.78, 5) is 29.0. The average molecular weight is 380 g/mol. The highest BCUT2D eigenvalue weighted by atomic mass is 32.2. The molecule has 0 aliphatic carbocycles. The Balaban J connectivity index is 2.09. The molecule has 1 heterocycles. The van der Waals surface area contributed by atoms with E-state index in [2.05, 4.69) is 5.32 Å². The van der Waals surface area contributed by atoms with Crippen molar-refractivity contribution < 1.29 is 9.59 Å². The lowest BCUT2D eigenvalue weighted by Crippen LogP contribution is -2.63. The van der Waals surface area contributed by atoms with Crippen LogP contribution in [0, 0.1) is 0 Å². The minimum Gasteiger partial charge on any atom is -0.343 e. The molecular weight excluding hydrogens is 354 g/mol. The summed E-state index contributed by atoms with van der Waals surface area (Å²) in [6.07, 6.45) is 0.257. The fourth-order valence-electron chi connectivity index (χ4n) is 2.61. The van der Waals surface area contributed by atoms with Crippen LogP contribution < -0.4 is 5.32 Å². The van der Waals surface area contributed by atoms with Crippen LogP contribution in [0.4, 0.5) is 0 Å². The summed E-state index contributed by atoms with van der Waals surface area (Å²) in [5.41, 5.74) is 0.925. The molecule has 0 aromatic heterocycles. The Kier molecular flexibility index (Phi) is 6.59. The normalized spacial score (nSPS) is 20.0. The van der Waals surface area contributed by atoms with E-state index in [1.165, 1.54) is 11.8 Å². The molecule has 0 spiro atoms. The molecule has 1 aliphatic rings. The van der Waals surface area contributed by atoms with Crippen LogP contribution in [0.3, 0.4) is 0 Å². The van der Waals surface area contributed by atoms with E-state index in [4.69, 9.17) is 12.2 Å². The van der Waals surface area contributed by atoms with Crippen molar-refractivity contribution in [3.8, 4) is 0 Å². The molecule has 1 aromatic rings. The van der Waals surface area contributed by atoms with Crippen molar-refractivity contribution in [3.63, 3.8) is 0 Å². The highest BCUT2D eigenvalue weighted by molar-refractivity contribution is 8.24. The van der Waals surface area contributed by atoms with E-state index < -0.39 is 10.8 Å². The van der Waals surface area contributed by atoms with Gasteiger partial charge in [-0.1, -0.05) is 54.3 Å². The zero-order valence-corrected chi connectivity index (χ0v) is 16.7. The summed E-state index contributed by atoms with van der Waals surface area (Å²) in [6.45, 7) is 5.13. The molecule has 1 N–H and O–H groups in total. The Morgan fingerprint density at radius 3 is 2.56 bits per heavy atom. The molecular formula is C18H25N3O2S2. The summed E-state index contributed by atoms with van der Waals surface area (Å²) in [5, 5.41) is 2.92. The minimum absolute atomic E-state index is 0.128. The van der Waals surface area contributed by atoms with Crippen molar-refractivity contribution in [1.29, 1.82) is 0 Å². The summed E-state index contributed by atoms with van der Waals surface area (Å²) in [7, 11) is 3.90. The first-order chi connectivity index (χ1) is 11.7. The van der Waals surface area contributed by atoms with E-state index in [9.17, 15) is 9.59 Å². The number of carbonyl (C=O) groups is 2. The SMILES string of the molecule is CN(C)CCN1C(=O)C(NC(=O)Cc2ccccc2)C(C)(C)SC1=S. The number of hydrogen-bond donors (Lipinski definition) is 1. The number of thioether (sulfide) groups is 1. The van der Waals surface area contributed by atoms with Crippen LogP contribution in [-0.2, 0) is 16.0 Å². The highest BCUT2D eigenvalue weighted by Gasteiger charge is 2.46. The van der Waals surface area contributed by atoms with Crippen LogP contribution in [0.5, 0.6) is 0 Å². The molecule has 2 amide bonds. The second-order valence-electron chi connectivity index (χ2n) is 6.93. The molecule has 5 nitrogen and oxygen atoms in total. The van der Waals surface area contributed by atoms with Crippen LogP contribution in [0.2, 0.25) is 0 Å².